The van der Waals surface area contributed by atoms with E-state index in [0.29, 0.717) is 10.6 Å². The Kier molecular flexibility index (Phi) is 3.16. The van der Waals surface area contributed by atoms with Gasteiger partial charge in [0, 0.05) is 7.05 Å². The molecule has 1 N–H and O–H groups in total. The molecule has 0 radical (unpaired) electrons. The number of anilines is 1. The zero-order valence-electron chi connectivity index (χ0n) is 8.61. The zero-order chi connectivity index (χ0) is 10.8. The van der Waals surface area contributed by atoms with Crippen LogP contribution in [0.2, 0.25) is 0 Å². The monoisotopic (exact) mass is 213 g/mol. The number of hydrogen-bond donors (Lipinski definition) is 1. The molecule has 0 unspecified atom stereocenters. The van der Waals surface area contributed by atoms with E-state index in [9.17, 15) is 8.42 Å². The molecule has 14 heavy (non-hydrogen) atoms. The molecule has 0 aliphatic rings. The van der Waals surface area contributed by atoms with E-state index in [0.717, 1.165) is 0 Å². The standard InChI is InChI=1S/C10H15NO2S/c1-8(2)14(12,13)10-7-5-4-6-9(10)11-3/h4-8,11H,1-3H3. The third kappa shape index (κ3) is 1.90. The smallest absolute Gasteiger partial charge is 0.182 e. The van der Waals surface area contributed by atoms with Crippen LogP contribution >= 0.6 is 0 Å². The average molecular weight is 213 g/mol. The third-order valence-corrected chi connectivity index (χ3v) is 4.29. The van der Waals surface area contributed by atoms with Gasteiger partial charge in [-0.15, -0.1) is 0 Å². The molecule has 0 aliphatic carbocycles. The van der Waals surface area contributed by atoms with Gasteiger partial charge in [-0.3, -0.25) is 0 Å². The predicted molar refractivity (Wildman–Crippen MR) is 58.3 cm³/mol. The minimum atomic E-state index is -3.18. The highest BCUT2D eigenvalue weighted by Gasteiger charge is 2.21. The lowest BCUT2D eigenvalue weighted by atomic mass is 10.3. The topological polar surface area (TPSA) is 46.2 Å². The van der Waals surface area contributed by atoms with Gasteiger partial charge < -0.3 is 5.32 Å². The molecule has 3 nitrogen and oxygen atoms in total. The lowest BCUT2D eigenvalue weighted by Crippen LogP contribution is -2.15. The fraction of sp³-hybridized carbons (Fsp3) is 0.400. The van der Waals surface area contributed by atoms with Gasteiger partial charge in [-0.05, 0) is 26.0 Å². The number of nitrogens with one attached hydrogen (secondary N) is 1. The lowest BCUT2D eigenvalue weighted by molar-refractivity contribution is 0.587. The Labute approximate surface area is 85.1 Å². The van der Waals surface area contributed by atoms with Crippen molar-refractivity contribution in [3.05, 3.63) is 24.3 Å². The molecule has 0 saturated carbocycles. The van der Waals surface area contributed by atoms with Crippen molar-refractivity contribution in [2.75, 3.05) is 12.4 Å². The molecule has 0 bridgehead atoms. The summed E-state index contributed by atoms with van der Waals surface area (Å²) in [6.07, 6.45) is 0. The van der Waals surface area contributed by atoms with Gasteiger partial charge in [0.25, 0.3) is 0 Å². The van der Waals surface area contributed by atoms with Crippen molar-refractivity contribution >= 4 is 15.5 Å². The fourth-order valence-electron chi connectivity index (χ4n) is 1.18. The summed E-state index contributed by atoms with van der Waals surface area (Å²) in [5.41, 5.74) is 0.654. The van der Waals surface area contributed by atoms with E-state index < -0.39 is 15.1 Å². The molecule has 0 saturated heterocycles. The first-order valence-corrected chi connectivity index (χ1v) is 6.05. The zero-order valence-corrected chi connectivity index (χ0v) is 9.43. The van der Waals surface area contributed by atoms with Gasteiger partial charge in [-0.1, -0.05) is 12.1 Å². The van der Waals surface area contributed by atoms with Crippen molar-refractivity contribution in [2.45, 2.75) is 24.0 Å². The number of rotatable bonds is 3. The Morgan fingerprint density at radius 2 is 1.79 bits per heavy atom. The van der Waals surface area contributed by atoms with Crippen LogP contribution in [0.25, 0.3) is 0 Å². The highest BCUT2D eigenvalue weighted by Crippen LogP contribution is 2.23. The Hall–Kier alpha value is -1.03. The summed E-state index contributed by atoms with van der Waals surface area (Å²) in [5.74, 6) is 0. The molecule has 1 aromatic carbocycles. The molecule has 78 valence electrons. The van der Waals surface area contributed by atoms with Gasteiger partial charge in [0.2, 0.25) is 0 Å². The maximum absolute atomic E-state index is 11.9. The van der Waals surface area contributed by atoms with Crippen LogP contribution in [0.15, 0.2) is 29.2 Å². The second-order valence-corrected chi connectivity index (χ2v) is 5.81. The normalized spacial score (nSPS) is 11.7. The molecule has 1 rings (SSSR count). The van der Waals surface area contributed by atoms with E-state index in [1.807, 2.05) is 6.07 Å². The summed E-state index contributed by atoms with van der Waals surface area (Å²) in [4.78, 5) is 0.373. The van der Waals surface area contributed by atoms with Crippen LogP contribution in [0.1, 0.15) is 13.8 Å². The molecule has 0 aliphatic heterocycles. The molecule has 0 aromatic heterocycles. The average Bonchev–Trinajstić information content (AvgIpc) is 2.17. The van der Waals surface area contributed by atoms with Gasteiger partial charge in [0.15, 0.2) is 9.84 Å². The van der Waals surface area contributed by atoms with Crippen LogP contribution in [0.5, 0.6) is 0 Å². The lowest BCUT2D eigenvalue weighted by Gasteiger charge is -2.11. The van der Waals surface area contributed by atoms with Crippen LogP contribution in [0.3, 0.4) is 0 Å². The summed E-state index contributed by atoms with van der Waals surface area (Å²) in [6.45, 7) is 3.36. The van der Waals surface area contributed by atoms with Crippen LogP contribution in [0.4, 0.5) is 5.69 Å². The number of para-hydroxylation sites is 1. The highest BCUT2D eigenvalue weighted by atomic mass is 32.2. The molecule has 4 heteroatoms. The first-order chi connectivity index (χ1) is 6.50. The SMILES string of the molecule is CNc1ccccc1S(=O)(=O)C(C)C. The molecule has 0 fully saturated rings. The Morgan fingerprint density at radius 3 is 2.29 bits per heavy atom. The predicted octanol–water partition coefficient (Wildman–Crippen LogP) is 1.91. The largest absolute Gasteiger partial charge is 0.387 e. The fourth-order valence-corrected chi connectivity index (χ4v) is 2.43. The van der Waals surface area contributed by atoms with Gasteiger partial charge in [0.05, 0.1) is 15.8 Å². The Balaban J connectivity index is 3.32. The van der Waals surface area contributed by atoms with Gasteiger partial charge in [-0.2, -0.15) is 0 Å². The van der Waals surface area contributed by atoms with Crippen molar-refractivity contribution in [1.82, 2.24) is 0 Å². The van der Waals surface area contributed by atoms with Crippen molar-refractivity contribution < 1.29 is 8.42 Å². The van der Waals surface area contributed by atoms with Crippen LogP contribution < -0.4 is 5.32 Å². The Morgan fingerprint density at radius 1 is 1.21 bits per heavy atom. The van der Waals surface area contributed by atoms with Crippen molar-refractivity contribution in [2.24, 2.45) is 0 Å². The summed E-state index contributed by atoms with van der Waals surface area (Å²) in [5, 5.41) is 2.49. The third-order valence-electron chi connectivity index (χ3n) is 2.08. The number of benzene rings is 1. The molecule has 1 aromatic rings. The summed E-state index contributed by atoms with van der Waals surface area (Å²) < 4.78 is 23.7. The first-order valence-electron chi connectivity index (χ1n) is 4.51. The maximum atomic E-state index is 11.9. The Bertz CT molecular complexity index is 410. The summed E-state index contributed by atoms with van der Waals surface area (Å²) >= 11 is 0. The van der Waals surface area contributed by atoms with Gasteiger partial charge in [-0.25, -0.2) is 8.42 Å². The molecular weight excluding hydrogens is 198 g/mol. The van der Waals surface area contributed by atoms with E-state index in [-0.39, 0.29) is 0 Å². The van der Waals surface area contributed by atoms with Crippen molar-refractivity contribution in [3.63, 3.8) is 0 Å². The van der Waals surface area contributed by atoms with Crippen LogP contribution in [0, 0.1) is 0 Å². The van der Waals surface area contributed by atoms with E-state index in [1.165, 1.54) is 0 Å². The van der Waals surface area contributed by atoms with Crippen molar-refractivity contribution in [3.8, 4) is 0 Å². The van der Waals surface area contributed by atoms with Crippen molar-refractivity contribution in [1.29, 1.82) is 0 Å². The molecule has 0 spiro atoms. The van der Waals surface area contributed by atoms with E-state index in [1.54, 1.807) is 39.1 Å². The minimum Gasteiger partial charge on any atom is -0.387 e. The second-order valence-electron chi connectivity index (χ2n) is 3.34. The second kappa shape index (κ2) is 4.00. The van der Waals surface area contributed by atoms with E-state index in [4.69, 9.17) is 0 Å². The van der Waals surface area contributed by atoms with E-state index >= 15 is 0 Å². The first kappa shape index (κ1) is 11.0. The minimum absolute atomic E-state index is 0.373. The number of sulfone groups is 1. The highest BCUT2D eigenvalue weighted by molar-refractivity contribution is 7.92. The van der Waals surface area contributed by atoms with Gasteiger partial charge >= 0.3 is 0 Å². The summed E-state index contributed by atoms with van der Waals surface area (Å²) in [6, 6.07) is 6.93. The molecule has 0 amide bonds. The maximum Gasteiger partial charge on any atom is 0.182 e. The molecule has 0 heterocycles. The number of hydrogen-bond acceptors (Lipinski definition) is 3. The molecular formula is C10H15NO2S. The van der Waals surface area contributed by atoms with Crippen LogP contribution in [-0.4, -0.2) is 20.7 Å². The van der Waals surface area contributed by atoms with Crippen LogP contribution in [-0.2, 0) is 9.84 Å². The summed E-state index contributed by atoms with van der Waals surface area (Å²) in [7, 11) is -1.47. The molecule has 0 atom stereocenters. The van der Waals surface area contributed by atoms with Gasteiger partial charge in [0.1, 0.15) is 0 Å². The van der Waals surface area contributed by atoms with E-state index in [2.05, 4.69) is 5.32 Å². The quantitative estimate of drug-likeness (QED) is 0.834.